The molecule has 0 fully saturated rings. The van der Waals surface area contributed by atoms with Crippen molar-refractivity contribution in [1.82, 2.24) is 4.90 Å². The number of carbonyl (C=O) groups excluding carboxylic acids is 3. The fraction of sp³-hybridized carbons (Fsp3) is 0.160. The highest BCUT2D eigenvalue weighted by molar-refractivity contribution is 9.10. The molecule has 0 spiro atoms. The zero-order valence-corrected chi connectivity index (χ0v) is 19.0. The Labute approximate surface area is 190 Å². The number of anilines is 1. The molecular weight excluding hydrogens is 456 g/mol. The number of halogens is 1. The minimum Gasteiger partial charge on any atom is -0.339 e. The van der Waals surface area contributed by atoms with Gasteiger partial charge in [-0.15, -0.1) is 0 Å². The van der Waals surface area contributed by atoms with Gasteiger partial charge in [0.05, 0.1) is 5.56 Å². The van der Waals surface area contributed by atoms with Gasteiger partial charge in [0.2, 0.25) is 0 Å². The molecule has 0 saturated heterocycles. The summed E-state index contributed by atoms with van der Waals surface area (Å²) < 4.78 is 0.873. The van der Waals surface area contributed by atoms with Gasteiger partial charge in [-0.25, -0.2) is 0 Å². The van der Waals surface area contributed by atoms with Crippen molar-refractivity contribution in [3.05, 3.63) is 99.5 Å². The van der Waals surface area contributed by atoms with E-state index in [0.29, 0.717) is 41.0 Å². The van der Waals surface area contributed by atoms with Gasteiger partial charge in [0.1, 0.15) is 0 Å². The third-order valence-corrected chi connectivity index (χ3v) is 5.49. The molecule has 0 atom stereocenters. The first-order chi connectivity index (χ1) is 14.9. The van der Waals surface area contributed by atoms with Crippen LogP contribution in [0.1, 0.15) is 50.5 Å². The molecule has 3 aromatic carbocycles. The molecule has 0 saturated carbocycles. The van der Waals surface area contributed by atoms with Crippen LogP contribution in [0.2, 0.25) is 0 Å². The summed E-state index contributed by atoms with van der Waals surface area (Å²) in [6, 6.07) is 20.5. The smallest absolute Gasteiger partial charge is 0.256 e. The van der Waals surface area contributed by atoms with Crippen LogP contribution in [0.4, 0.5) is 5.69 Å². The first-order valence-electron chi connectivity index (χ1n) is 10.0. The van der Waals surface area contributed by atoms with E-state index in [9.17, 15) is 14.4 Å². The molecule has 158 valence electrons. The average molecular weight is 479 g/mol. The molecule has 5 nitrogen and oxygen atoms in total. The van der Waals surface area contributed by atoms with Gasteiger partial charge in [0, 0.05) is 39.9 Å². The van der Waals surface area contributed by atoms with E-state index in [4.69, 9.17) is 0 Å². The minimum absolute atomic E-state index is 0.0479. The van der Waals surface area contributed by atoms with Gasteiger partial charge in [-0.3, -0.25) is 14.4 Å². The second-order valence-corrected chi connectivity index (χ2v) is 7.81. The van der Waals surface area contributed by atoms with Gasteiger partial charge < -0.3 is 10.2 Å². The lowest BCUT2D eigenvalue weighted by Gasteiger charge is -2.18. The number of amides is 2. The predicted octanol–water partition coefficient (Wildman–Crippen LogP) is 5.41. The Morgan fingerprint density at radius 2 is 1.32 bits per heavy atom. The van der Waals surface area contributed by atoms with Crippen molar-refractivity contribution >= 4 is 39.2 Å². The van der Waals surface area contributed by atoms with Gasteiger partial charge in [-0.1, -0.05) is 34.1 Å². The molecule has 0 bridgehead atoms. The molecule has 6 heteroatoms. The number of rotatable bonds is 7. The van der Waals surface area contributed by atoms with Crippen molar-refractivity contribution in [2.45, 2.75) is 13.8 Å². The summed E-state index contributed by atoms with van der Waals surface area (Å²) in [6.07, 6.45) is 0. The number of benzene rings is 3. The molecule has 0 unspecified atom stereocenters. The normalized spacial score (nSPS) is 10.4. The van der Waals surface area contributed by atoms with Crippen molar-refractivity contribution < 1.29 is 14.4 Å². The third kappa shape index (κ3) is 5.27. The van der Waals surface area contributed by atoms with Gasteiger partial charge in [-0.05, 0) is 68.4 Å². The van der Waals surface area contributed by atoms with E-state index >= 15 is 0 Å². The molecule has 1 N–H and O–H groups in total. The van der Waals surface area contributed by atoms with Gasteiger partial charge >= 0.3 is 0 Å². The Balaban J connectivity index is 1.79. The number of nitrogens with zero attached hydrogens (tertiary/aromatic N) is 1. The molecule has 3 aromatic rings. The molecule has 0 heterocycles. The maximum absolute atomic E-state index is 12.9. The van der Waals surface area contributed by atoms with Gasteiger partial charge in [0.15, 0.2) is 5.78 Å². The van der Waals surface area contributed by atoms with Crippen LogP contribution in [-0.4, -0.2) is 35.6 Å². The zero-order chi connectivity index (χ0) is 22.4. The van der Waals surface area contributed by atoms with E-state index in [0.717, 1.165) is 4.47 Å². The predicted molar refractivity (Wildman–Crippen MR) is 126 cm³/mol. The molecular formula is C25H23BrN2O3. The van der Waals surface area contributed by atoms with Crippen molar-refractivity contribution in [2.24, 2.45) is 0 Å². The summed E-state index contributed by atoms with van der Waals surface area (Å²) >= 11 is 3.36. The van der Waals surface area contributed by atoms with E-state index in [-0.39, 0.29) is 17.6 Å². The van der Waals surface area contributed by atoms with Crippen LogP contribution in [0.25, 0.3) is 0 Å². The zero-order valence-electron chi connectivity index (χ0n) is 17.4. The largest absolute Gasteiger partial charge is 0.339 e. The molecule has 0 aliphatic heterocycles. The van der Waals surface area contributed by atoms with Crippen LogP contribution in [0, 0.1) is 0 Å². The van der Waals surface area contributed by atoms with Gasteiger partial charge in [0.25, 0.3) is 11.8 Å². The van der Waals surface area contributed by atoms with Crippen LogP contribution < -0.4 is 5.32 Å². The fourth-order valence-corrected chi connectivity index (χ4v) is 3.49. The van der Waals surface area contributed by atoms with E-state index in [1.54, 1.807) is 77.7 Å². The van der Waals surface area contributed by atoms with Crippen LogP contribution in [0.15, 0.2) is 77.3 Å². The Kier molecular flexibility index (Phi) is 7.36. The Morgan fingerprint density at radius 3 is 1.90 bits per heavy atom. The Bertz CT molecular complexity index is 1090. The lowest BCUT2D eigenvalue weighted by Crippen LogP contribution is -2.30. The van der Waals surface area contributed by atoms with Crippen LogP contribution in [-0.2, 0) is 0 Å². The average Bonchev–Trinajstić information content (AvgIpc) is 2.80. The molecule has 0 radical (unpaired) electrons. The second-order valence-electron chi connectivity index (χ2n) is 6.89. The van der Waals surface area contributed by atoms with Crippen LogP contribution >= 0.6 is 15.9 Å². The molecule has 0 aliphatic rings. The topological polar surface area (TPSA) is 66.5 Å². The molecule has 31 heavy (non-hydrogen) atoms. The van der Waals surface area contributed by atoms with E-state index < -0.39 is 0 Å². The second kappa shape index (κ2) is 10.2. The number of carbonyl (C=O) groups is 3. The number of hydrogen-bond acceptors (Lipinski definition) is 3. The van der Waals surface area contributed by atoms with Crippen LogP contribution in [0.3, 0.4) is 0 Å². The monoisotopic (exact) mass is 478 g/mol. The number of hydrogen-bond donors (Lipinski definition) is 1. The molecule has 0 aromatic heterocycles. The summed E-state index contributed by atoms with van der Waals surface area (Å²) in [5, 5.41) is 2.81. The van der Waals surface area contributed by atoms with Crippen molar-refractivity contribution in [1.29, 1.82) is 0 Å². The quantitative estimate of drug-likeness (QED) is 0.461. The third-order valence-electron chi connectivity index (χ3n) is 4.96. The highest BCUT2D eigenvalue weighted by Crippen LogP contribution is 2.19. The van der Waals surface area contributed by atoms with Gasteiger partial charge in [-0.2, -0.15) is 0 Å². The van der Waals surface area contributed by atoms with Crippen molar-refractivity contribution in [3.8, 4) is 0 Å². The maximum atomic E-state index is 12.9. The highest BCUT2D eigenvalue weighted by atomic mass is 79.9. The minimum atomic E-state index is -0.385. The standard InChI is InChI=1S/C25H23BrN2O3/c1-3-28(4-2)25(31)18-11-15-20(16-12-18)27-24(30)22-8-6-5-7-21(22)23(29)17-9-13-19(26)14-10-17/h5-16H,3-4H2,1-2H3,(H,27,30). The maximum Gasteiger partial charge on any atom is 0.256 e. The summed E-state index contributed by atoms with van der Waals surface area (Å²) in [7, 11) is 0. The highest BCUT2D eigenvalue weighted by Gasteiger charge is 2.18. The lowest BCUT2D eigenvalue weighted by molar-refractivity contribution is 0.0772. The van der Waals surface area contributed by atoms with Crippen LogP contribution in [0.5, 0.6) is 0 Å². The van der Waals surface area contributed by atoms with E-state index in [1.807, 2.05) is 13.8 Å². The summed E-state index contributed by atoms with van der Waals surface area (Å²) in [4.78, 5) is 40.0. The number of ketones is 1. The SMILES string of the molecule is CCN(CC)C(=O)c1ccc(NC(=O)c2ccccc2C(=O)c2ccc(Br)cc2)cc1. The van der Waals surface area contributed by atoms with Crippen molar-refractivity contribution in [3.63, 3.8) is 0 Å². The first kappa shape index (κ1) is 22.4. The Hall–Kier alpha value is -3.25. The first-order valence-corrected chi connectivity index (χ1v) is 10.8. The summed E-state index contributed by atoms with van der Waals surface area (Å²) in [6.45, 7) is 5.14. The fourth-order valence-electron chi connectivity index (χ4n) is 3.22. The molecule has 0 aliphatic carbocycles. The summed E-state index contributed by atoms with van der Waals surface area (Å²) in [5.41, 5.74) is 2.23. The summed E-state index contributed by atoms with van der Waals surface area (Å²) in [5.74, 6) is -0.657. The Morgan fingerprint density at radius 1 is 0.774 bits per heavy atom. The van der Waals surface area contributed by atoms with E-state index in [2.05, 4.69) is 21.2 Å². The molecule has 2 amide bonds. The molecule has 3 rings (SSSR count). The van der Waals surface area contributed by atoms with Crippen molar-refractivity contribution in [2.75, 3.05) is 18.4 Å². The number of nitrogens with one attached hydrogen (secondary N) is 1. The lowest BCUT2D eigenvalue weighted by atomic mass is 9.98. The van der Waals surface area contributed by atoms with E-state index in [1.165, 1.54) is 0 Å².